The SMILES string of the molecule is CCn1cc(S(=O)(=O)NCCOCC(C)C)cc1CNC. The van der Waals surface area contributed by atoms with Crippen molar-refractivity contribution in [2.75, 3.05) is 26.8 Å². The summed E-state index contributed by atoms with van der Waals surface area (Å²) in [6.45, 7) is 8.79. The van der Waals surface area contributed by atoms with E-state index in [9.17, 15) is 8.42 Å². The number of ether oxygens (including phenoxy) is 1. The van der Waals surface area contributed by atoms with E-state index in [-0.39, 0.29) is 6.54 Å². The number of aromatic nitrogens is 1. The van der Waals surface area contributed by atoms with Crippen LogP contribution in [0.4, 0.5) is 0 Å². The Morgan fingerprint density at radius 2 is 2.10 bits per heavy atom. The van der Waals surface area contributed by atoms with E-state index in [1.807, 2.05) is 18.5 Å². The molecule has 0 spiro atoms. The second-order valence-corrected chi connectivity index (χ2v) is 7.12. The molecule has 1 heterocycles. The first-order valence-electron chi connectivity index (χ1n) is 7.31. The summed E-state index contributed by atoms with van der Waals surface area (Å²) in [6, 6.07) is 1.71. The third-order valence-corrected chi connectivity index (χ3v) is 4.39. The van der Waals surface area contributed by atoms with Crippen LogP contribution in [0.15, 0.2) is 17.2 Å². The standard InChI is InChI=1S/C14H27N3O3S/c1-5-17-10-14(8-13(17)9-15-4)21(18,19)16-6-7-20-11-12(2)3/h8,10,12,15-16H,5-7,9,11H2,1-4H3. The van der Waals surface area contributed by atoms with Crippen LogP contribution in [0, 0.1) is 5.92 Å². The Labute approximate surface area is 127 Å². The fraction of sp³-hybridized carbons (Fsp3) is 0.714. The van der Waals surface area contributed by atoms with Crippen LogP contribution in [0.2, 0.25) is 0 Å². The summed E-state index contributed by atoms with van der Waals surface area (Å²) in [5, 5.41) is 3.04. The van der Waals surface area contributed by atoms with Crippen molar-refractivity contribution >= 4 is 10.0 Å². The normalized spacial score (nSPS) is 12.2. The molecule has 0 bridgehead atoms. The first kappa shape index (κ1) is 18.2. The van der Waals surface area contributed by atoms with Gasteiger partial charge in [0.15, 0.2) is 0 Å². The Kier molecular flexibility index (Phi) is 7.37. The van der Waals surface area contributed by atoms with Gasteiger partial charge < -0.3 is 14.6 Å². The zero-order valence-electron chi connectivity index (χ0n) is 13.3. The van der Waals surface area contributed by atoms with Gasteiger partial charge in [0.1, 0.15) is 0 Å². The minimum Gasteiger partial charge on any atom is -0.380 e. The average Bonchev–Trinajstić information content (AvgIpc) is 2.82. The van der Waals surface area contributed by atoms with Crippen molar-refractivity contribution in [3.8, 4) is 0 Å². The first-order valence-corrected chi connectivity index (χ1v) is 8.80. The Bertz CT molecular complexity index is 524. The van der Waals surface area contributed by atoms with Crippen LogP contribution in [0.25, 0.3) is 0 Å². The van der Waals surface area contributed by atoms with E-state index < -0.39 is 10.0 Å². The molecular formula is C14H27N3O3S. The van der Waals surface area contributed by atoms with Gasteiger partial charge in [0.2, 0.25) is 10.0 Å². The van der Waals surface area contributed by atoms with Crippen LogP contribution >= 0.6 is 0 Å². The zero-order chi connectivity index (χ0) is 15.9. The molecule has 0 aliphatic carbocycles. The summed E-state index contributed by atoms with van der Waals surface area (Å²) < 4.78 is 34.3. The van der Waals surface area contributed by atoms with Crippen LogP contribution in [-0.2, 0) is 27.8 Å². The monoisotopic (exact) mass is 317 g/mol. The molecule has 0 amide bonds. The van der Waals surface area contributed by atoms with Gasteiger partial charge in [-0.3, -0.25) is 0 Å². The van der Waals surface area contributed by atoms with Crippen LogP contribution in [0.5, 0.6) is 0 Å². The predicted octanol–water partition coefficient (Wildman–Crippen LogP) is 1.18. The largest absolute Gasteiger partial charge is 0.380 e. The fourth-order valence-corrected chi connectivity index (χ4v) is 3.02. The Morgan fingerprint density at radius 3 is 2.67 bits per heavy atom. The van der Waals surface area contributed by atoms with Gasteiger partial charge in [0.25, 0.3) is 0 Å². The van der Waals surface area contributed by atoms with Crippen molar-refractivity contribution in [2.24, 2.45) is 5.92 Å². The first-order chi connectivity index (χ1) is 9.90. The third kappa shape index (κ3) is 5.78. The van der Waals surface area contributed by atoms with Crippen molar-refractivity contribution in [3.63, 3.8) is 0 Å². The van der Waals surface area contributed by atoms with Gasteiger partial charge >= 0.3 is 0 Å². The van der Waals surface area contributed by atoms with Crippen molar-refractivity contribution in [3.05, 3.63) is 18.0 Å². The lowest BCUT2D eigenvalue weighted by atomic mass is 10.2. The molecule has 1 aromatic heterocycles. The minimum atomic E-state index is -3.47. The summed E-state index contributed by atoms with van der Waals surface area (Å²) in [5.74, 6) is 0.448. The predicted molar refractivity (Wildman–Crippen MR) is 83.7 cm³/mol. The maximum absolute atomic E-state index is 12.2. The molecule has 0 radical (unpaired) electrons. The highest BCUT2D eigenvalue weighted by atomic mass is 32.2. The van der Waals surface area contributed by atoms with Gasteiger partial charge in [-0.1, -0.05) is 13.8 Å². The number of sulfonamides is 1. The smallest absolute Gasteiger partial charge is 0.242 e. The fourth-order valence-electron chi connectivity index (χ4n) is 1.95. The lowest BCUT2D eigenvalue weighted by Crippen LogP contribution is -2.27. The van der Waals surface area contributed by atoms with Gasteiger partial charge in [0.05, 0.1) is 11.5 Å². The maximum atomic E-state index is 12.2. The number of hydrogen-bond acceptors (Lipinski definition) is 4. The molecule has 0 saturated carbocycles. The summed E-state index contributed by atoms with van der Waals surface area (Å²) in [5.41, 5.74) is 0.955. The lowest BCUT2D eigenvalue weighted by molar-refractivity contribution is 0.114. The number of nitrogens with zero attached hydrogens (tertiary/aromatic N) is 1. The molecule has 6 nitrogen and oxygen atoms in total. The topological polar surface area (TPSA) is 72.4 Å². The molecular weight excluding hydrogens is 290 g/mol. The number of rotatable bonds is 10. The van der Waals surface area contributed by atoms with Crippen LogP contribution < -0.4 is 10.0 Å². The minimum absolute atomic E-state index is 0.285. The summed E-state index contributed by atoms with van der Waals surface area (Å²) in [7, 11) is -1.63. The van der Waals surface area contributed by atoms with E-state index in [1.165, 1.54) is 0 Å². The van der Waals surface area contributed by atoms with Crippen LogP contribution in [-0.4, -0.2) is 39.8 Å². The summed E-state index contributed by atoms with van der Waals surface area (Å²) in [4.78, 5) is 0.304. The molecule has 0 unspecified atom stereocenters. The molecule has 0 aliphatic heterocycles. The Morgan fingerprint density at radius 1 is 1.38 bits per heavy atom. The van der Waals surface area contributed by atoms with Gasteiger partial charge in [-0.2, -0.15) is 0 Å². The van der Waals surface area contributed by atoms with E-state index in [2.05, 4.69) is 23.9 Å². The Balaban J connectivity index is 2.61. The maximum Gasteiger partial charge on any atom is 0.242 e. The zero-order valence-corrected chi connectivity index (χ0v) is 14.2. The van der Waals surface area contributed by atoms with Gasteiger partial charge in [-0.25, -0.2) is 13.1 Å². The lowest BCUT2D eigenvalue weighted by Gasteiger charge is -2.08. The number of hydrogen-bond donors (Lipinski definition) is 2. The molecule has 0 saturated heterocycles. The molecule has 1 aromatic rings. The van der Waals surface area contributed by atoms with Crippen molar-refractivity contribution in [1.82, 2.24) is 14.6 Å². The van der Waals surface area contributed by atoms with Crippen molar-refractivity contribution in [1.29, 1.82) is 0 Å². The number of aryl methyl sites for hydroxylation is 1. The molecule has 122 valence electrons. The highest BCUT2D eigenvalue weighted by molar-refractivity contribution is 7.89. The second kappa shape index (κ2) is 8.53. The molecule has 1 rings (SSSR count). The highest BCUT2D eigenvalue weighted by Crippen LogP contribution is 2.14. The number of nitrogens with one attached hydrogen (secondary N) is 2. The van der Waals surface area contributed by atoms with E-state index in [0.29, 0.717) is 30.6 Å². The van der Waals surface area contributed by atoms with E-state index in [4.69, 9.17) is 4.74 Å². The molecule has 21 heavy (non-hydrogen) atoms. The van der Waals surface area contributed by atoms with E-state index >= 15 is 0 Å². The molecule has 0 fully saturated rings. The second-order valence-electron chi connectivity index (χ2n) is 5.35. The summed E-state index contributed by atoms with van der Waals surface area (Å²) in [6.07, 6.45) is 1.67. The summed E-state index contributed by atoms with van der Waals surface area (Å²) >= 11 is 0. The van der Waals surface area contributed by atoms with Gasteiger partial charge in [-0.05, 0) is 26.0 Å². The molecule has 0 aromatic carbocycles. The Hall–Kier alpha value is -0.890. The average molecular weight is 317 g/mol. The van der Waals surface area contributed by atoms with E-state index in [0.717, 1.165) is 12.2 Å². The van der Waals surface area contributed by atoms with Crippen molar-refractivity contribution < 1.29 is 13.2 Å². The molecule has 7 heteroatoms. The van der Waals surface area contributed by atoms with Crippen LogP contribution in [0.1, 0.15) is 26.5 Å². The highest BCUT2D eigenvalue weighted by Gasteiger charge is 2.17. The van der Waals surface area contributed by atoms with E-state index in [1.54, 1.807) is 12.3 Å². The molecule has 0 aliphatic rings. The van der Waals surface area contributed by atoms with Gasteiger partial charge in [-0.15, -0.1) is 0 Å². The quantitative estimate of drug-likeness (QED) is 0.636. The molecule has 2 N–H and O–H groups in total. The van der Waals surface area contributed by atoms with Crippen molar-refractivity contribution in [2.45, 2.75) is 38.8 Å². The van der Waals surface area contributed by atoms with Gasteiger partial charge in [0, 0.05) is 38.1 Å². The third-order valence-electron chi connectivity index (χ3n) is 2.96. The van der Waals surface area contributed by atoms with Crippen LogP contribution in [0.3, 0.4) is 0 Å². The molecule has 0 atom stereocenters.